The van der Waals surface area contributed by atoms with Crippen molar-refractivity contribution in [3.05, 3.63) is 29.6 Å². The average molecular weight is 343 g/mol. The van der Waals surface area contributed by atoms with Crippen molar-refractivity contribution in [2.75, 3.05) is 13.7 Å². The second-order valence-corrected chi connectivity index (χ2v) is 7.98. The summed E-state index contributed by atoms with van der Waals surface area (Å²) in [5.41, 5.74) is 4.08. The van der Waals surface area contributed by atoms with Crippen LogP contribution in [-0.2, 0) is 10.2 Å². The highest BCUT2D eigenvalue weighted by molar-refractivity contribution is 5.58. The number of rotatable bonds is 7. The van der Waals surface area contributed by atoms with E-state index in [0.29, 0.717) is 12.5 Å². The first-order valence-corrected chi connectivity index (χ1v) is 9.10. The highest BCUT2D eigenvalue weighted by Gasteiger charge is 2.28. The minimum atomic E-state index is 0.0365. The van der Waals surface area contributed by atoms with Gasteiger partial charge in [0.15, 0.2) is 0 Å². The van der Waals surface area contributed by atoms with Gasteiger partial charge in [0.2, 0.25) is 0 Å². The summed E-state index contributed by atoms with van der Waals surface area (Å²) in [6.45, 7) is 9.20. The number of pyridine rings is 1. The van der Waals surface area contributed by atoms with Crippen LogP contribution in [0.5, 0.6) is 5.75 Å². The Morgan fingerprint density at radius 1 is 1.24 bits per heavy atom. The maximum Gasteiger partial charge on any atom is 0.126 e. The molecule has 0 spiro atoms. The smallest absolute Gasteiger partial charge is 0.126 e. The molecule has 1 atom stereocenters. The van der Waals surface area contributed by atoms with Crippen LogP contribution < -0.4 is 4.74 Å². The lowest BCUT2D eigenvalue weighted by Gasteiger charge is -2.15. The predicted molar refractivity (Wildman–Crippen MR) is 99.1 cm³/mol. The average Bonchev–Trinajstić information content (AvgIpc) is 3.28. The van der Waals surface area contributed by atoms with Crippen molar-refractivity contribution in [1.29, 1.82) is 0 Å². The summed E-state index contributed by atoms with van der Waals surface area (Å²) < 4.78 is 11.4. The summed E-state index contributed by atoms with van der Waals surface area (Å²) in [7, 11) is 1.73. The quantitative estimate of drug-likeness (QED) is 0.807. The van der Waals surface area contributed by atoms with E-state index in [-0.39, 0.29) is 11.5 Å². The Labute approximate surface area is 150 Å². The Balaban J connectivity index is 1.81. The maximum atomic E-state index is 6.09. The van der Waals surface area contributed by atoms with Gasteiger partial charge in [-0.15, -0.1) is 0 Å². The molecule has 1 aliphatic carbocycles. The molecular weight excluding hydrogens is 314 g/mol. The van der Waals surface area contributed by atoms with E-state index in [2.05, 4.69) is 48.9 Å². The summed E-state index contributed by atoms with van der Waals surface area (Å²) >= 11 is 0. The molecule has 1 aliphatic rings. The predicted octanol–water partition coefficient (Wildman–Crippen LogP) is 4.45. The van der Waals surface area contributed by atoms with E-state index >= 15 is 0 Å². The SMILES string of the molecule is COC(C)CCOc1cc(-c2cc(C(C)(C)C)[nH]n2)ncc1C1CC1. The van der Waals surface area contributed by atoms with Gasteiger partial charge >= 0.3 is 0 Å². The Morgan fingerprint density at radius 2 is 2.00 bits per heavy atom. The molecule has 25 heavy (non-hydrogen) atoms. The van der Waals surface area contributed by atoms with E-state index in [1.165, 1.54) is 18.4 Å². The van der Waals surface area contributed by atoms with Crippen molar-refractivity contribution in [3.63, 3.8) is 0 Å². The van der Waals surface area contributed by atoms with Crippen LogP contribution in [0.25, 0.3) is 11.4 Å². The highest BCUT2D eigenvalue weighted by atomic mass is 16.5. The number of aromatic nitrogens is 3. The number of hydrogen-bond donors (Lipinski definition) is 1. The number of hydrogen-bond acceptors (Lipinski definition) is 4. The lowest BCUT2D eigenvalue weighted by Crippen LogP contribution is -2.11. The van der Waals surface area contributed by atoms with Gasteiger partial charge in [-0.05, 0) is 31.7 Å². The first-order valence-electron chi connectivity index (χ1n) is 9.10. The minimum Gasteiger partial charge on any atom is -0.493 e. The molecule has 0 aliphatic heterocycles. The molecule has 2 aromatic rings. The molecule has 5 heteroatoms. The van der Waals surface area contributed by atoms with Crippen LogP contribution in [0.1, 0.15) is 64.1 Å². The van der Waals surface area contributed by atoms with Gasteiger partial charge in [0.25, 0.3) is 0 Å². The fraction of sp³-hybridized carbons (Fsp3) is 0.600. The molecule has 136 valence electrons. The lowest BCUT2D eigenvalue weighted by molar-refractivity contribution is 0.0954. The van der Waals surface area contributed by atoms with Gasteiger partial charge in [0.1, 0.15) is 11.4 Å². The lowest BCUT2D eigenvalue weighted by atomic mass is 9.92. The molecule has 5 nitrogen and oxygen atoms in total. The second kappa shape index (κ2) is 7.16. The summed E-state index contributed by atoms with van der Waals surface area (Å²) in [6.07, 6.45) is 5.49. The van der Waals surface area contributed by atoms with E-state index in [1.54, 1.807) is 7.11 Å². The van der Waals surface area contributed by atoms with E-state index in [4.69, 9.17) is 9.47 Å². The zero-order chi connectivity index (χ0) is 18.0. The molecule has 1 saturated carbocycles. The van der Waals surface area contributed by atoms with Crippen LogP contribution >= 0.6 is 0 Å². The molecule has 0 aromatic carbocycles. The molecule has 1 unspecified atom stereocenters. The molecule has 0 radical (unpaired) electrons. The standard InChI is InChI=1S/C20H29N3O2/c1-13(24-5)8-9-25-18-10-16(21-12-15(18)14-6-7-14)17-11-19(23-22-17)20(2,3)4/h10-14H,6-9H2,1-5H3,(H,22,23). The van der Waals surface area contributed by atoms with Crippen LogP contribution in [0, 0.1) is 0 Å². The molecular formula is C20H29N3O2. The van der Waals surface area contributed by atoms with Gasteiger partial charge in [-0.2, -0.15) is 5.10 Å². The van der Waals surface area contributed by atoms with Crippen molar-refractivity contribution in [2.24, 2.45) is 0 Å². The maximum absolute atomic E-state index is 6.09. The number of nitrogens with zero attached hydrogens (tertiary/aromatic N) is 2. The monoisotopic (exact) mass is 343 g/mol. The molecule has 2 heterocycles. The molecule has 2 aromatic heterocycles. The van der Waals surface area contributed by atoms with Gasteiger partial charge in [-0.1, -0.05) is 20.8 Å². The van der Waals surface area contributed by atoms with Crippen molar-refractivity contribution < 1.29 is 9.47 Å². The van der Waals surface area contributed by atoms with Gasteiger partial charge in [-0.3, -0.25) is 10.1 Å². The van der Waals surface area contributed by atoms with Crippen molar-refractivity contribution in [1.82, 2.24) is 15.2 Å². The topological polar surface area (TPSA) is 60.0 Å². The Kier molecular flexibility index (Phi) is 5.13. The van der Waals surface area contributed by atoms with Gasteiger partial charge in [-0.25, -0.2) is 0 Å². The second-order valence-electron chi connectivity index (χ2n) is 7.98. The number of ether oxygens (including phenoxy) is 2. The van der Waals surface area contributed by atoms with E-state index < -0.39 is 0 Å². The molecule has 0 amide bonds. The first kappa shape index (κ1) is 17.9. The summed E-state index contributed by atoms with van der Waals surface area (Å²) in [6, 6.07) is 4.11. The first-order chi connectivity index (χ1) is 11.9. The number of H-pyrrole nitrogens is 1. The fourth-order valence-corrected chi connectivity index (χ4v) is 2.70. The third-order valence-corrected chi connectivity index (χ3v) is 4.74. The van der Waals surface area contributed by atoms with Crippen LogP contribution in [0.15, 0.2) is 18.3 Å². The highest BCUT2D eigenvalue weighted by Crippen LogP contribution is 2.44. The Bertz CT molecular complexity index is 714. The van der Waals surface area contributed by atoms with Crippen molar-refractivity contribution >= 4 is 0 Å². The molecule has 0 bridgehead atoms. The number of aromatic amines is 1. The third-order valence-electron chi connectivity index (χ3n) is 4.74. The van der Waals surface area contributed by atoms with Crippen LogP contribution in [-0.4, -0.2) is 35.0 Å². The third kappa shape index (κ3) is 4.40. The van der Waals surface area contributed by atoms with E-state index in [9.17, 15) is 0 Å². The molecule has 1 fully saturated rings. The largest absolute Gasteiger partial charge is 0.493 e. The van der Waals surface area contributed by atoms with Crippen LogP contribution in [0.3, 0.4) is 0 Å². The number of nitrogens with one attached hydrogen (secondary N) is 1. The van der Waals surface area contributed by atoms with Crippen molar-refractivity contribution in [2.45, 2.75) is 64.4 Å². The van der Waals surface area contributed by atoms with Crippen LogP contribution in [0.2, 0.25) is 0 Å². The van der Waals surface area contributed by atoms with Gasteiger partial charge in [0, 0.05) is 42.5 Å². The summed E-state index contributed by atoms with van der Waals surface area (Å²) in [5.74, 6) is 1.54. The Morgan fingerprint density at radius 3 is 2.60 bits per heavy atom. The Hall–Kier alpha value is -1.88. The molecule has 3 rings (SSSR count). The molecule has 1 N–H and O–H groups in total. The normalized spacial score (nSPS) is 16.0. The number of methoxy groups -OCH3 is 1. The van der Waals surface area contributed by atoms with E-state index in [0.717, 1.165) is 29.3 Å². The zero-order valence-corrected chi connectivity index (χ0v) is 15.9. The molecule has 0 saturated heterocycles. The van der Waals surface area contributed by atoms with Gasteiger partial charge in [0.05, 0.1) is 18.4 Å². The van der Waals surface area contributed by atoms with Gasteiger partial charge < -0.3 is 9.47 Å². The van der Waals surface area contributed by atoms with Crippen molar-refractivity contribution in [3.8, 4) is 17.1 Å². The summed E-state index contributed by atoms with van der Waals surface area (Å²) in [4.78, 5) is 4.64. The van der Waals surface area contributed by atoms with Crippen LogP contribution in [0.4, 0.5) is 0 Å². The van der Waals surface area contributed by atoms with E-state index in [1.807, 2.05) is 12.3 Å². The fourth-order valence-electron chi connectivity index (χ4n) is 2.70. The zero-order valence-electron chi connectivity index (χ0n) is 15.9. The minimum absolute atomic E-state index is 0.0365. The summed E-state index contributed by atoms with van der Waals surface area (Å²) in [5, 5.41) is 7.57.